The van der Waals surface area contributed by atoms with Gasteiger partial charge in [-0.15, -0.1) is 11.3 Å². The fourth-order valence-electron chi connectivity index (χ4n) is 2.20. The van der Waals surface area contributed by atoms with Gasteiger partial charge in [-0.3, -0.25) is 4.79 Å². The molecular formula is C17H16N2O2S. The van der Waals surface area contributed by atoms with Crippen molar-refractivity contribution in [2.24, 2.45) is 0 Å². The number of aromatic hydroxyl groups is 1. The molecule has 0 aliphatic carbocycles. The molecule has 0 aliphatic heterocycles. The number of rotatable bonds is 4. The maximum absolute atomic E-state index is 12.3. The van der Waals surface area contributed by atoms with E-state index in [0.717, 1.165) is 20.8 Å². The lowest BCUT2D eigenvalue weighted by Crippen LogP contribution is -2.27. The fourth-order valence-corrected chi connectivity index (χ4v) is 3.22. The number of amides is 1. The number of phenols is 1. The smallest absolute Gasteiger partial charge is 0.227 e. The summed E-state index contributed by atoms with van der Waals surface area (Å²) in [5.74, 6) is 0.240. The fraction of sp³-hybridized carbons (Fsp3) is 0.176. The summed E-state index contributed by atoms with van der Waals surface area (Å²) in [7, 11) is 1.79. The van der Waals surface area contributed by atoms with Crippen LogP contribution in [0, 0.1) is 0 Å². The monoisotopic (exact) mass is 312 g/mol. The highest BCUT2D eigenvalue weighted by molar-refractivity contribution is 7.18. The third-order valence-corrected chi connectivity index (χ3v) is 4.45. The molecule has 4 nitrogen and oxygen atoms in total. The number of carbonyl (C=O) groups is 1. The zero-order valence-electron chi connectivity index (χ0n) is 12.2. The molecule has 0 aliphatic rings. The molecule has 0 spiro atoms. The number of benzene rings is 2. The van der Waals surface area contributed by atoms with Crippen LogP contribution in [0.1, 0.15) is 10.6 Å². The second kappa shape index (κ2) is 6.15. The van der Waals surface area contributed by atoms with Gasteiger partial charge in [-0.25, -0.2) is 4.98 Å². The maximum Gasteiger partial charge on any atom is 0.227 e. The number of hydrogen-bond acceptors (Lipinski definition) is 4. The van der Waals surface area contributed by atoms with E-state index in [1.54, 1.807) is 47.5 Å². The summed E-state index contributed by atoms with van der Waals surface area (Å²) in [5, 5.41) is 10.2. The topological polar surface area (TPSA) is 53.4 Å². The largest absolute Gasteiger partial charge is 0.508 e. The van der Waals surface area contributed by atoms with E-state index in [1.807, 2.05) is 24.3 Å². The molecule has 0 atom stereocenters. The molecule has 0 saturated heterocycles. The SMILES string of the molecule is CN(Cc1nc2ccccc2s1)C(=O)Cc1ccc(O)cc1. The minimum atomic E-state index is 0.0324. The minimum Gasteiger partial charge on any atom is -0.508 e. The van der Waals surface area contributed by atoms with Crippen LogP contribution in [-0.2, 0) is 17.8 Å². The Labute approximate surface area is 132 Å². The zero-order chi connectivity index (χ0) is 15.5. The highest BCUT2D eigenvalue weighted by atomic mass is 32.1. The summed E-state index contributed by atoms with van der Waals surface area (Å²) >= 11 is 1.61. The Hall–Kier alpha value is -2.40. The summed E-state index contributed by atoms with van der Waals surface area (Å²) in [4.78, 5) is 18.5. The quantitative estimate of drug-likeness (QED) is 0.805. The van der Waals surface area contributed by atoms with Gasteiger partial charge < -0.3 is 10.0 Å². The molecule has 0 unspecified atom stereocenters. The van der Waals surface area contributed by atoms with Crippen molar-refractivity contribution in [2.45, 2.75) is 13.0 Å². The first-order chi connectivity index (χ1) is 10.6. The van der Waals surface area contributed by atoms with E-state index in [1.165, 1.54) is 0 Å². The highest BCUT2D eigenvalue weighted by Crippen LogP contribution is 2.22. The number of aromatic nitrogens is 1. The van der Waals surface area contributed by atoms with Crippen LogP contribution in [0.15, 0.2) is 48.5 Å². The van der Waals surface area contributed by atoms with Crippen LogP contribution in [0.4, 0.5) is 0 Å². The van der Waals surface area contributed by atoms with Gasteiger partial charge >= 0.3 is 0 Å². The molecule has 0 radical (unpaired) electrons. The molecular weight excluding hydrogens is 296 g/mol. The first-order valence-corrected chi connectivity index (χ1v) is 7.80. The third-order valence-electron chi connectivity index (χ3n) is 3.43. The molecule has 3 aromatic rings. The van der Waals surface area contributed by atoms with E-state index < -0.39 is 0 Å². The van der Waals surface area contributed by atoms with E-state index in [0.29, 0.717) is 13.0 Å². The van der Waals surface area contributed by atoms with Crippen molar-refractivity contribution in [1.29, 1.82) is 0 Å². The van der Waals surface area contributed by atoms with Gasteiger partial charge in [0, 0.05) is 7.05 Å². The molecule has 1 amide bonds. The van der Waals surface area contributed by atoms with Gasteiger partial charge in [-0.05, 0) is 29.8 Å². The Kier molecular flexibility index (Phi) is 4.06. The number of para-hydroxylation sites is 1. The van der Waals surface area contributed by atoms with Crippen LogP contribution in [0.3, 0.4) is 0 Å². The molecule has 0 bridgehead atoms. The second-order valence-corrected chi connectivity index (χ2v) is 6.28. The standard InChI is InChI=1S/C17H16N2O2S/c1-19(17(21)10-12-6-8-13(20)9-7-12)11-16-18-14-4-2-3-5-15(14)22-16/h2-9,20H,10-11H2,1H3. The van der Waals surface area contributed by atoms with Crippen LogP contribution in [0.5, 0.6) is 5.75 Å². The Balaban J connectivity index is 1.66. The summed E-state index contributed by atoms with van der Waals surface area (Å²) < 4.78 is 1.14. The summed E-state index contributed by atoms with van der Waals surface area (Å²) in [6.45, 7) is 0.510. The molecule has 22 heavy (non-hydrogen) atoms. The van der Waals surface area contributed by atoms with Gasteiger partial charge in [0.15, 0.2) is 0 Å². The third kappa shape index (κ3) is 3.26. The number of thiazole rings is 1. The van der Waals surface area contributed by atoms with Crippen LogP contribution in [0.2, 0.25) is 0 Å². The van der Waals surface area contributed by atoms with Crippen LogP contribution >= 0.6 is 11.3 Å². The van der Waals surface area contributed by atoms with Crippen LogP contribution in [0.25, 0.3) is 10.2 Å². The van der Waals surface area contributed by atoms with E-state index >= 15 is 0 Å². The molecule has 5 heteroatoms. The summed E-state index contributed by atoms with van der Waals surface area (Å²) in [6, 6.07) is 14.7. The lowest BCUT2D eigenvalue weighted by atomic mass is 10.1. The van der Waals surface area contributed by atoms with Crippen molar-refractivity contribution in [3.05, 3.63) is 59.1 Å². The predicted octanol–water partition coefficient (Wildman–Crippen LogP) is 3.20. The van der Waals surface area contributed by atoms with Gasteiger partial charge in [-0.2, -0.15) is 0 Å². The molecule has 1 heterocycles. The Morgan fingerprint density at radius 2 is 1.91 bits per heavy atom. The number of nitrogens with zero attached hydrogens (tertiary/aromatic N) is 2. The Morgan fingerprint density at radius 1 is 1.18 bits per heavy atom. The molecule has 1 N–H and O–H groups in total. The molecule has 0 fully saturated rings. The maximum atomic E-state index is 12.3. The molecule has 112 valence electrons. The van der Waals surface area contributed by atoms with Crippen LogP contribution < -0.4 is 0 Å². The molecule has 2 aromatic carbocycles. The van der Waals surface area contributed by atoms with Crippen molar-refractivity contribution >= 4 is 27.5 Å². The molecule has 1 aromatic heterocycles. The lowest BCUT2D eigenvalue weighted by Gasteiger charge is -2.15. The molecule has 3 rings (SSSR count). The van der Waals surface area contributed by atoms with Crippen molar-refractivity contribution in [2.75, 3.05) is 7.05 Å². The van der Waals surface area contributed by atoms with E-state index in [9.17, 15) is 9.90 Å². The first kappa shape index (κ1) is 14.5. The zero-order valence-corrected chi connectivity index (χ0v) is 13.0. The summed E-state index contributed by atoms with van der Waals surface area (Å²) in [5.41, 5.74) is 1.86. The van der Waals surface area contributed by atoms with Gasteiger partial charge in [0.1, 0.15) is 10.8 Å². The minimum absolute atomic E-state index is 0.0324. The van der Waals surface area contributed by atoms with Crippen LogP contribution in [-0.4, -0.2) is 27.9 Å². The number of fused-ring (bicyclic) bond motifs is 1. The predicted molar refractivity (Wildman–Crippen MR) is 87.9 cm³/mol. The Morgan fingerprint density at radius 3 is 2.64 bits per heavy atom. The van der Waals surface area contributed by atoms with Crippen molar-refractivity contribution < 1.29 is 9.90 Å². The van der Waals surface area contributed by atoms with Gasteiger partial charge in [0.2, 0.25) is 5.91 Å². The van der Waals surface area contributed by atoms with Crippen molar-refractivity contribution in [3.63, 3.8) is 0 Å². The number of hydrogen-bond donors (Lipinski definition) is 1. The highest BCUT2D eigenvalue weighted by Gasteiger charge is 2.12. The van der Waals surface area contributed by atoms with Crippen molar-refractivity contribution in [1.82, 2.24) is 9.88 Å². The first-order valence-electron chi connectivity index (χ1n) is 6.98. The normalized spacial score (nSPS) is 10.8. The van der Waals surface area contributed by atoms with Gasteiger partial charge in [0.05, 0.1) is 23.2 Å². The Bertz CT molecular complexity index is 763. The number of carbonyl (C=O) groups excluding carboxylic acids is 1. The van der Waals surface area contributed by atoms with E-state index in [4.69, 9.17) is 0 Å². The van der Waals surface area contributed by atoms with E-state index in [-0.39, 0.29) is 11.7 Å². The number of phenolic OH excluding ortho intramolecular Hbond substituents is 1. The number of likely N-dealkylation sites (N-methyl/N-ethyl adjacent to an activating group) is 1. The molecule has 0 saturated carbocycles. The average Bonchev–Trinajstić information content (AvgIpc) is 2.91. The van der Waals surface area contributed by atoms with Crippen molar-refractivity contribution in [3.8, 4) is 5.75 Å². The lowest BCUT2D eigenvalue weighted by molar-refractivity contribution is -0.129. The van der Waals surface area contributed by atoms with Gasteiger partial charge in [0.25, 0.3) is 0 Å². The van der Waals surface area contributed by atoms with E-state index in [2.05, 4.69) is 4.98 Å². The summed E-state index contributed by atoms with van der Waals surface area (Å²) in [6.07, 6.45) is 0.321. The average molecular weight is 312 g/mol. The second-order valence-electron chi connectivity index (χ2n) is 5.17. The van der Waals surface area contributed by atoms with Gasteiger partial charge in [-0.1, -0.05) is 24.3 Å².